The maximum Gasteiger partial charge on any atom is 0.130 e. The Balaban J connectivity index is 1.65. The van der Waals surface area contributed by atoms with Crippen molar-refractivity contribution in [3.05, 3.63) is 54.6 Å². The molecular weight excluding hydrogens is 272 g/mol. The molecule has 1 heterocycles. The average molecular weight is 296 g/mol. The Morgan fingerprint density at radius 2 is 1.59 bits per heavy atom. The number of ether oxygens (including phenoxy) is 2. The van der Waals surface area contributed by atoms with Crippen LogP contribution in [-0.4, -0.2) is 18.8 Å². The Bertz CT molecular complexity index is 610. The molecule has 0 radical (unpaired) electrons. The number of hydrogen-bond acceptors (Lipinski definition) is 2. The van der Waals surface area contributed by atoms with E-state index in [1.54, 1.807) is 0 Å². The number of benzene rings is 2. The first kappa shape index (κ1) is 15.1. The van der Waals surface area contributed by atoms with Crippen molar-refractivity contribution in [2.24, 2.45) is 5.41 Å². The SMILES string of the molecule is CCC(C)(C)C1(COc2ccc(-c3ccccc3)cc2)CO1. The van der Waals surface area contributed by atoms with Gasteiger partial charge < -0.3 is 9.47 Å². The standard InChI is InChI=1S/C20H24O2/c1-4-19(2,3)20(15-22-20)14-21-18-12-10-17(11-13-18)16-8-6-5-7-9-16/h5-13H,4,14-15H2,1-3H3. The van der Waals surface area contributed by atoms with Gasteiger partial charge in [-0.25, -0.2) is 0 Å². The second-order valence-corrected chi connectivity index (χ2v) is 6.70. The normalized spacial score (nSPS) is 20.7. The predicted octanol–water partition coefficient (Wildman–Crippen LogP) is 4.94. The van der Waals surface area contributed by atoms with Gasteiger partial charge in [0, 0.05) is 0 Å². The van der Waals surface area contributed by atoms with Crippen molar-refractivity contribution in [2.45, 2.75) is 32.8 Å². The summed E-state index contributed by atoms with van der Waals surface area (Å²) in [5.74, 6) is 0.904. The van der Waals surface area contributed by atoms with Crippen LogP contribution in [0.4, 0.5) is 0 Å². The second kappa shape index (κ2) is 5.77. The van der Waals surface area contributed by atoms with Crippen molar-refractivity contribution in [3.8, 4) is 16.9 Å². The second-order valence-electron chi connectivity index (χ2n) is 6.70. The molecule has 0 aliphatic carbocycles. The predicted molar refractivity (Wildman–Crippen MR) is 90.1 cm³/mol. The summed E-state index contributed by atoms with van der Waals surface area (Å²) in [4.78, 5) is 0. The highest BCUT2D eigenvalue weighted by Crippen LogP contribution is 2.46. The smallest absolute Gasteiger partial charge is 0.130 e. The molecule has 0 bridgehead atoms. The molecule has 2 nitrogen and oxygen atoms in total. The van der Waals surface area contributed by atoms with Crippen LogP contribution in [0, 0.1) is 5.41 Å². The summed E-state index contributed by atoms with van der Waals surface area (Å²) in [7, 11) is 0. The Labute approximate surface area is 133 Å². The maximum atomic E-state index is 5.99. The molecule has 1 fully saturated rings. The van der Waals surface area contributed by atoms with Gasteiger partial charge in [-0.15, -0.1) is 0 Å². The zero-order valence-electron chi connectivity index (χ0n) is 13.6. The van der Waals surface area contributed by atoms with E-state index < -0.39 is 0 Å². The van der Waals surface area contributed by atoms with Crippen LogP contribution in [-0.2, 0) is 4.74 Å². The van der Waals surface area contributed by atoms with Crippen LogP contribution in [0.15, 0.2) is 54.6 Å². The van der Waals surface area contributed by atoms with E-state index in [0.717, 1.165) is 18.8 Å². The molecular formula is C20H24O2. The van der Waals surface area contributed by atoms with Gasteiger partial charge >= 0.3 is 0 Å². The summed E-state index contributed by atoms with van der Waals surface area (Å²) in [5.41, 5.74) is 2.47. The first-order valence-corrected chi connectivity index (χ1v) is 7.99. The first-order chi connectivity index (χ1) is 10.6. The van der Waals surface area contributed by atoms with E-state index in [1.165, 1.54) is 11.1 Å². The van der Waals surface area contributed by atoms with E-state index >= 15 is 0 Å². The van der Waals surface area contributed by atoms with Gasteiger partial charge in [0.15, 0.2) is 0 Å². The maximum absolute atomic E-state index is 5.99. The van der Waals surface area contributed by atoms with Crippen LogP contribution in [0.1, 0.15) is 27.2 Å². The van der Waals surface area contributed by atoms with Gasteiger partial charge in [0.25, 0.3) is 0 Å². The summed E-state index contributed by atoms with van der Waals surface area (Å²) in [6, 6.07) is 18.7. The lowest BCUT2D eigenvalue weighted by atomic mass is 9.77. The topological polar surface area (TPSA) is 21.8 Å². The monoisotopic (exact) mass is 296 g/mol. The molecule has 1 unspecified atom stereocenters. The molecule has 0 amide bonds. The number of hydrogen-bond donors (Lipinski definition) is 0. The average Bonchev–Trinajstić information content (AvgIpc) is 3.36. The zero-order valence-corrected chi connectivity index (χ0v) is 13.6. The highest BCUT2D eigenvalue weighted by atomic mass is 16.6. The van der Waals surface area contributed by atoms with Gasteiger partial charge in [-0.3, -0.25) is 0 Å². The lowest BCUT2D eigenvalue weighted by Gasteiger charge is -2.30. The van der Waals surface area contributed by atoms with Crippen LogP contribution < -0.4 is 4.74 Å². The molecule has 0 saturated carbocycles. The van der Waals surface area contributed by atoms with E-state index in [4.69, 9.17) is 9.47 Å². The van der Waals surface area contributed by atoms with E-state index in [9.17, 15) is 0 Å². The summed E-state index contributed by atoms with van der Waals surface area (Å²) in [5, 5.41) is 0. The van der Waals surface area contributed by atoms with E-state index in [2.05, 4.69) is 57.2 Å². The molecule has 1 aliphatic rings. The van der Waals surface area contributed by atoms with Crippen molar-refractivity contribution in [3.63, 3.8) is 0 Å². The Hall–Kier alpha value is -1.80. The molecule has 2 aromatic rings. The molecule has 2 heteroatoms. The molecule has 1 saturated heterocycles. The van der Waals surface area contributed by atoms with E-state index in [1.807, 2.05) is 18.2 Å². The van der Waals surface area contributed by atoms with Crippen LogP contribution in [0.2, 0.25) is 0 Å². The molecule has 3 rings (SSSR count). The molecule has 0 spiro atoms. The Morgan fingerprint density at radius 1 is 1.00 bits per heavy atom. The molecule has 2 aromatic carbocycles. The lowest BCUT2D eigenvalue weighted by molar-refractivity contribution is 0.0777. The van der Waals surface area contributed by atoms with Gasteiger partial charge in [0.2, 0.25) is 0 Å². The minimum atomic E-state index is -0.111. The number of rotatable bonds is 6. The molecule has 0 N–H and O–H groups in total. The van der Waals surface area contributed by atoms with Crippen LogP contribution in [0.3, 0.4) is 0 Å². The largest absolute Gasteiger partial charge is 0.490 e. The highest BCUT2D eigenvalue weighted by Gasteiger charge is 2.56. The lowest BCUT2D eigenvalue weighted by Crippen LogP contribution is -2.38. The first-order valence-electron chi connectivity index (χ1n) is 7.99. The quantitative estimate of drug-likeness (QED) is 0.704. The Morgan fingerprint density at radius 3 is 2.14 bits per heavy atom. The van der Waals surface area contributed by atoms with Gasteiger partial charge in [-0.2, -0.15) is 0 Å². The molecule has 1 atom stereocenters. The number of epoxide rings is 1. The Kier molecular flexibility index (Phi) is 3.96. The molecule has 0 aromatic heterocycles. The van der Waals surface area contributed by atoms with Gasteiger partial charge in [0.05, 0.1) is 6.61 Å². The fourth-order valence-corrected chi connectivity index (χ4v) is 2.65. The molecule has 1 aliphatic heterocycles. The minimum absolute atomic E-state index is 0.111. The van der Waals surface area contributed by atoms with Crippen LogP contribution in [0.5, 0.6) is 5.75 Å². The third kappa shape index (κ3) is 2.89. The summed E-state index contributed by atoms with van der Waals surface area (Å²) < 4.78 is 11.7. The van der Waals surface area contributed by atoms with Crippen LogP contribution >= 0.6 is 0 Å². The third-order valence-electron chi connectivity index (χ3n) is 5.04. The minimum Gasteiger partial charge on any atom is -0.490 e. The van der Waals surface area contributed by atoms with Crippen molar-refractivity contribution in [1.82, 2.24) is 0 Å². The summed E-state index contributed by atoms with van der Waals surface area (Å²) >= 11 is 0. The third-order valence-corrected chi connectivity index (χ3v) is 5.04. The van der Waals surface area contributed by atoms with Crippen molar-refractivity contribution in [1.29, 1.82) is 0 Å². The summed E-state index contributed by atoms with van der Waals surface area (Å²) in [6.45, 7) is 8.14. The fourth-order valence-electron chi connectivity index (χ4n) is 2.65. The summed E-state index contributed by atoms with van der Waals surface area (Å²) in [6.07, 6.45) is 1.09. The molecule has 22 heavy (non-hydrogen) atoms. The van der Waals surface area contributed by atoms with Gasteiger partial charge in [-0.1, -0.05) is 63.2 Å². The van der Waals surface area contributed by atoms with Crippen LogP contribution in [0.25, 0.3) is 11.1 Å². The zero-order chi connectivity index (χ0) is 15.6. The fraction of sp³-hybridized carbons (Fsp3) is 0.400. The van der Waals surface area contributed by atoms with Gasteiger partial charge in [-0.05, 0) is 35.1 Å². The van der Waals surface area contributed by atoms with Crippen molar-refractivity contribution in [2.75, 3.05) is 13.2 Å². The molecule has 116 valence electrons. The van der Waals surface area contributed by atoms with E-state index in [-0.39, 0.29) is 11.0 Å². The van der Waals surface area contributed by atoms with Crippen molar-refractivity contribution >= 4 is 0 Å². The highest BCUT2D eigenvalue weighted by molar-refractivity contribution is 5.63. The van der Waals surface area contributed by atoms with Gasteiger partial charge in [0.1, 0.15) is 18.0 Å². The van der Waals surface area contributed by atoms with E-state index in [0.29, 0.717) is 6.61 Å². The van der Waals surface area contributed by atoms with Crippen molar-refractivity contribution < 1.29 is 9.47 Å².